The third-order valence-electron chi connectivity index (χ3n) is 2.43. The summed E-state index contributed by atoms with van der Waals surface area (Å²) in [6.45, 7) is 1.02. The number of rotatable bonds is 3. The summed E-state index contributed by atoms with van der Waals surface area (Å²) in [5.74, 6) is -0.121. The van der Waals surface area contributed by atoms with E-state index in [1.165, 1.54) is 0 Å². The smallest absolute Gasteiger partial charge is 0.223 e. The summed E-state index contributed by atoms with van der Waals surface area (Å²) in [6, 6.07) is 4.48. The Morgan fingerprint density at radius 3 is 3.13 bits per heavy atom. The van der Waals surface area contributed by atoms with E-state index in [4.69, 9.17) is 0 Å². The summed E-state index contributed by atoms with van der Waals surface area (Å²) < 4.78 is 0. The van der Waals surface area contributed by atoms with E-state index >= 15 is 0 Å². The molecule has 0 spiro atoms. The zero-order valence-electron chi connectivity index (χ0n) is 8.14. The highest BCUT2D eigenvalue weighted by molar-refractivity contribution is 5.82. The van der Waals surface area contributed by atoms with Crippen LogP contribution in [0, 0.1) is 18.2 Å². The van der Waals surface area contributed by atoms with Crippen LogP contribution >= 0.6 is 0 Å². The lowest BCUT2D eigenvalue weighted by atomic mass is 10.1. The minimum atomic E-state index is -0.148. The van der Waals surface area contributed by atoms with Gasteiger partial charge in [0.2, 0.25) is 5.91 Å². The van der Waals surface area contributed by atoms with Gasteiger partial charge in [-0.25, -0.2) is 4.98 Å². The van der Waals surface area contributed by atoms with E-state index in [0.717, 1.165) is 11.8 Å². The normalized spacial score (nSPS) is 20.1. The van der Waals surface area contributed by atoms with E-state index in [9.17, 15) is 9.59 Å². The maximum Gasteiger partial charge on any atom is 0.223 e. The molecule has 1 saturated heterocycles. The van der Waals surface area contributed by atoms with Crippen molar-refractivity contribution in [2.45, 2.75) is 13.0 Å². The number of hydrogen-bond acceptors (Lipinski definition) is 3. The SMILES string of the molecule is O=CC1CC(=O)N(Cc2cc#cnc2)C1. The Morgan fingerprint density at radius 2 is 2.53 bits per heavy atom. The van der Waals surface area contributed by atoms with Crippen LogP contribution in [0.15, 0.2) is 12.3 Å². The Hall–Kier alpha value is -1.89. The Balaban J connectivity index is 2.01. The lowest BCUT2D eigenvalue weighted by Gasteiger charge is -2.14. The first-order valence-corrected chi connectivity index (χ1v) is 4.75. The van der Waals surface area contributed by atoms with Crippen molar-refractivity contribution in [2.24, 2.45) is 5.92 Å². The maximum absolute atomic E-state index is 11.5. The predicted molar refractivity (Wildman–Crippen MR) is 51.5 cm³/mol. The molecule has 0 radical (unpaired) electrons. The van der Waals surface area contributed by atoms with Gasteiger partial charge < -0.3 is 9.69 Å². The molecule has 1 aromatic rings. The molecular formula is C11H10N2O2. The van der Waals surface area contributed by atoms with E-state index in [-0.39, 0.29) is 11.8 Å². The predicted octanol–water partition coefficient (Wildman–Crippen LogP) is 0.229. The first-order chi connectivity index (χ1) is 7.29. The minimum absolute atomic E-state index is 0.0277. The first kappa shape index (κ1) is 9.66. The van der Waals surface area contributed by atoms with E-state index < -0.39 is 0 Å². The maximum atomic E-state index is 11.5. The Bertz CT molecular complexity index is 364. The van der Waals surface area contributed by atoms with Crippen molar-refractivity contribution in [1.82, 2.24) is 9.88 Å². The fraction of sp³-hybridized carbons (Fsp3) is 0.364. The monoisotopic (exact) mass is 202 g/mol. The van der Waals surface area contributed by atoms with Gasteiger partial charge in [0.25, 0.3) is 0 Å². The van der Waals surface area contributed by atoms with Crippen LogP contribution in [0.5, 0.6) is 0 Å². The summed E-state index contributed by atoms with van der Waals surface area (Å²) in [6.07, 6.45) is 5.39. The molecule has 0 saturated carbocycles. The molecule has 0 aliphatic carbocycles. The molecule has 0 N–H and O–H groups in total. The Kier molecular flexibility index (Phi) is 2.64. The standard InChI is InChI=1S/C11H10N2O2/c14-8-10-4-11(15)13(7-10)6-9-2-1-3-12-5-9/h2,5,8,10H,4,6-7H2. The van der Waals surface area contributed by atoms with Crippen LogP contribution in [-0.2, 0) is 16.1 Å². The van der Waals surface area contributed by atoms with Crippen LogP contribution in [-0.4, -0.2) is 28.6 Å². The molecule has 0 bridgehead atoms. The number of amides is 1. The largest absolute Gasteiger partial charge is 0.338 e. The molecule has 2 rings (SSSR count). The van der Waals surface area contributed by atoms with Crippen LogP contribution in [0.25, 0.3) is 0 Å². The number of aldehydes is 1. The molecule has 1 aliphatic heterocycles. The van der Waals surface area contributed by atoms with Crippen molar-refractivity contribution in [3.63, 3.8) is 0 Å². The van der Waals surface area contributed by atoms with E-state index in [2.05, 4.69) is 17.2 Å². The second-order valence-electron chi connectivity index (χ2n) is 3.61. The van der Waals surface area contributed by atoms with Gasteiger partial charge in [0.05, 0.1) is 0 Å². The summed E-state index contributed by atoms with van der Waals surface area (Å²) in [5.41, 5.74) is 0.911. The molecule has 76 valence electrons. The van der Waals surface area contributed by atoms with Gasteiger partial charge in [0.15, 0.2) is 0 Å². The Morgan fingerprint density at radius 1 is 1.67 bits per heavy atom. The van der Waals surface area contributed by atoms with Crippen LogP contribution in [0.3, 0.4) is 0 Å². The van der Waals surface area contributed by atoms with Crippen LogP contribution in [0.2, 0.25) is 0 Å². The van der Waals surface area contributed by atoms with Gasteiger partial charge >= 0.3 is 0 Å². The topological polar surface area (TPSA) is 50.3 Å². The highest BCUT2D eigenvalue weighted by atomic mass is 16.2. The molecule has 1 aliphatic rings. The molecular weight excluding hydrogens is 192 g/mol. The van der Waals surface area contributed by atoms with Gasteiger partial charge in [-0.15, -0.1) is 0 Å². The number of carbonyl (C=O) groups is 2. The fourth-order valence-electron chi connectivity index (χ4n) is 1.67. The molecule has 1 aromatic heterocycles. The number of carbonyl (C=O) groups excluding carboxylic acids is 2. The highest BCUT2D eigenvalue weighted by Crippen LogP contribution is 2.17. The summed E-state index contributed by atoms with van der Waals surface area (Å²) in [4.78, 5) is 27.5. The van der Waals surface area contributed by atoms with Gasteiger partial charge in [-0.05, 0) is 17.7 Å². The van der Waals surface area contributed by atoms with Gasteiger partial charge in [-0.1, -0.05) is 0 Å². The molecule has 1 atom stereocenters. The summed E-state index contributed by atoms with van der Waals surface area (Å²) in [5, 5.41) is 0. The second-order valence-corrected chi connectivity index (χ2v) is 3.61. The van der Waals surface area contributed by atoms with Crippen molar-refractivity contribution in [3.05, 3.63) is 30.1 Å². The van der Waals surface area contributed by atoms with Crippen molar-refractivity contribution in [2.75, 3.05) is 6.54 Å². The van der Waals surface area contributed by atoms with Gasteiger partial charge in [-0.2, -0.15) is 0 Å². The lowest BCUT2D eigenvalue weighted by molar-refractivity contribution is -0.128. The third-order valence-corrected chi connectivity index (χ3v) is 2.43. The lowest BCUT2D eigenvalue weighted by Crippen LogP contribution is -2.24. The fourth-order valence-corrected chi connectivity index (χ4v) is 1.67. The molecule has 0 aromatic carbocycles. The third kappa shape index (κ3) is 2.13. The molecule has 1 amide bonds. The first-order valence-electron chi connectivity index (χ1n) is 4.75. The molecule has 1 unspecified atom stereocenters. The van der Waals surface area contributed by atoms with Crippen molar-refractivity contribution < 1.29 is 9.59 Å². The van der Waals surface area contributed by atoms with Crippen molar-refractivity contribution >= 4 is 12.2 Å². The second kappa shape index (κ2) is 4.09. The zero-order chi connectivity index (χ0) is 10.7. The van der Waals surface area contributed by atoms with Crippen LogP contribution in [0.1, 0.15) is 12.0 Å². The van der Waals surface area contributed by atoms with E-state index in [1.54, 1.807) is 17.2 Å². The van der Waals surface area contributed by atoms with Gasteiger partial charge in [0.1, 0.15) is 6.29 Å². The van der Waals surface area contributed by atoms with Crippen LogP contribution < -0.4 is 0 Å². The number of nitrogens with zero attached hydrogens (tertiary/aromatic N) is 2. The quantitative estimate of drug-likeness (QED) is 0.659. The average molecular weight is 202 g/mol. The molecule has 4 nitrogen and oxygen atoms in total. The van der Waals surface area contributed by atoms with Gasteiger partial charge in [-0.3, -0.25) is 4.79 Å². The van der Waals surface area contributed by atoms with Crippen LogP contribution in [0.4, 0.5) is 0 Å². The van der Waals surface area contributed by atoms with Gasteiger partial charge in [0, 0.05) is 37.8 Å². The molecule has 15 heavy (non-hydrogen) atoms. The highest BCUT2D eigenvalue weighted by Gasteiger charge is 2.28. The van der Waals surface area contributed by atoms with E-state index in [1.807, 2.05) is 0 Å². The van der Waals surface area contributed by atoms with Crippen molar-refractivity contribution in [1.29, 1.82) is 0 Å². The summed E-state index contributed by atoms with van der Waals surface area (Å²) in [7, 11) is 0. The average Bonchev–Trinajstić information content (AvgIpc) is 2.61. The minimum Gasteiger partial charge on any atom is -0.338 e. The Labute approximate surface area is 87.9 Å². The molecule has 1 fully saturated rings. The van der Waals surface area contributed by atoms with Crippen molar-refractivity contribution in [3.8, 4) is 0 Å². The number of hydrogen-bond donors (Lipinski definition) is 0. The zero-order valence-corrected chi connectivity index (χ0v) is 8.14. The molecule has 4 heteroatoms. The molecule has 2 heterocycles. The summed E-state index contributed by atoms with van der Waals surface area (Å²) >= 11 is 0. The number of likely N-dealkylation sites (tertiary alicyclic amines) is 1. The number of aromatic nitrogens is 1. The van der Waals surface area contributed by atoms with E-state index in [0.29, 0.717) is 19.5 Å².